The summed E-state index contributed by atoms with van der Waals surface area (Å²) >= 11 is 0. The van der Waals surface area contributed by atoms with E-state index in [0.29, 0.717) is 18.9 Å². The molecular weight excluding hydrogens is 410 g/mol. The zero-order valence-corrected chi connectivity index (χ0v) is 16.0. The van der Waals surface area contributed by atoms with Crippen molar-refractivity contribution in [1.29, 1.82) is 5.26 Å². The minimum Gasteiger partial charge on any atom is -0.350 e. The Morgan fingerprint density at radius 1 is 1.38 bits per heavy atom. The molecule has 10 nitrogen and oxygen atoms in total. The Balaban J connectivity index is 1.71. The van der Waals surface area contributed by atoms with Gasteiger partial charge in [-0.15, -0.1) is 0 Å². The van der Waals surface area contributed by atoms with Crippen molar-refractivity contribution in [1.82, 2.24) is 20.5 Å². The molecule has 1 aromatic carbocycles. The molecule has 4 N–H and O–H groups in total. The molecule has 0 aromatic heterocycles. The predicted molar refractivity (Wildman–Crippen MR) is 95.6 cm³/mol. The lowest BCUT2D eigenvalue weighted by Gasteiger charge is -2.33. The Labute approximate surface area is 165 Å². The molecular formula is C16H18F2N6O4S. The Morgan fingerprint density at radius 2 is 2.10 bits per heavy atom. The second-order valence-electron chi connectivity index (χ2n) is 6.69. The summed E-state index contributed by atoms with van der Waals surface area (Å²) in [7, 11) is -4.77. The molecule has 3 atom stereocenters. The molecule has 13 heteroatoms. The molecule has 1 aromatic rings. The fourth-order valence-corrected chi connectivity index (χ4v) is 4.63. The normalized spacial score (nSPS) is 24.1. The third kappa shape index (κ3) is 4.00. The standard InChI is InChI=1S/C16H18F2N6O4S/c1-8(11-4-2-9(6-19)22-23-11)20-13(25)7-24-16(26)21-12-5-3-10(17)14(18)15(12)29(24,27)28/h3,5,8-9,11,22-23H,2,4,7H2,1H3,(H,20,25)(H,21,26)/t8-,9?,11?/m0/s1. The SMILES string of the molecule is C[C@H](NC(=O)CN1C(=O)Nc2ccc(F)c(F)c2S1(=O)=O)C1CCC(C#N)NN1. The Morgan fingerprint density at radius 3 is 2.72 bits per heavy atom. The van der Waals surface area contributed by atoms with Gasteiger partial charge in [0.15, 0.2) is 11.6 Å². The smallest absolute Gasteiger partial charge is 0.336 e. The summed E-state index contributed by atoms with van der Waals surface area (Å²) in [4.78, 5) is 23.4. The van der Waals surface area contributed by atoms with Crippen LogP contribution in [-0.2, 0) is 14.8 Å². The molecule has 0 bridgehead atoms. The van der Waals surface area contributed by atoms with Crippen molar-refractivity contribution < 1.29 is 26.8 Å². The first-order chi connectivity index (χ1) is 13.6. The van der Waals surface area contributed by atoms with Crippen molar-refractivity contribution in [3.63, 3.8) is 0 Å². The molecule has 2 unspecified atom stereocenters. The molecule has 2 aliphatic rings. The van der Waals surface area contributed by atoms with E-state index in [1.54, 1.807) is 6.92 Å². The third-order valence-electron chi connectivity index (χ3n) is 4.71. The summed E-state index contributed by atoms with van der Waals surface area (Å²) in [5, 5.41) is 13.5. The Hall–Kier alpha value is -2.82. The maximum absolute atomic E-state index is 14.1. The van der Waals surface area contributed by atoms with Gasteiger partial charge < -0.3 is 10.6 Å². The van der Waals surface area contributed by atoms with Crippen LogP contribution in [0.15, 0.2) is 17.0 Å². The van der Waals surface area contributed by atoms with E-state index in [-0.39, 0.29) is 16.4 Å². The lowest BCUT2D eigenvalue weighted by Crippen LogP contribution is -2.59. The van der Waals surface area contributed by atoms with Gasteiger partial charge in [-0.2, -0.15) is 5.26 Å². The zero-order chi connectivity index (χ0) is 21.3. The third-order valence-corrected chi connectivity index (χ3v) is 6.50. The van der Waals surface area contributed by atoms with E-state index in [2.05, 4.69) is 27.6 Å². The van der Waals surface area contributed by atoms with Crippen LogP contribution in [-0.4, -0.2) is 49.3 Å². The first-order valence-corrected chi connectivity index (χ1v) is 10.1. The van der Waals surface area contributed by atoms with Crippen molar-refractivity contribution in [3.05, 3.63) is 23.8 Å². The molecule has 0 saturated carbocycles. The number of hydrogen-bond acceptors (Lipinski definition) is 7. The van der Waals surface area contributed by atoms with Gasteiger partial charge in [-0.05, 0) is 31.9 Å². The highest BCUT2D eigenvalue weighted by molar-refractivity contribution is 7.90. The van der Waals surface area contributed by atoms with Crippen molar-refractivity contribution >= 4 is 27.6 Å². The highest BCUT2D eigenvalue weighted by atomic mass is 32.2. The fraction of sp³-hybridized carbons (Fsp3) is 0.438. The first-order valence-electron chi connectivity index (χ1n) is 8.67. The molecule has 0 radical (unpaired) electrons. The number of halogens is 2. The van der Waals surface area contributed by atoms with Crippen LogP contribution < -0.4 is 21.5 Å². The van der Waals surface area contributed by atoms with Crippen LogP contribution in [0.3, 0.4) is 0 Å². The van der Waals surface area contributed by atoms with Crippen LogP contribution in [0.4, 0.5) is 19.3 Å². The van der Waals surface area contributed by atoms with Gasteiger partial charge in [-0.3, -0.25) is 10.2 Å². The summed E-state index contributed by atoms with van der Waals surface area (Å²) in [6.07, 6.45) is 1.13. The van der Waals surface area contributed by atoms with Gasteiger partial charge in [-0.25, -0.2) is 31.7 Å². The summed E-state index contributed by atoms with van der Waals surface area (Å²) in [5.74, 6) is -3.83. The number of amides is 3. The van der Waals surface area contributed by atoms with Gasteiger partial charge in [0.25, 0.3) is 10.0 Å². The number of carbonyl (C=O) groups excluding carboxylic acids is 2. The van der Waals surface area contributed by atoms with Crippen molar-refractivity contribution in [2.24, 2.45) is 0 Å². The first kappa shape index (κ1) is 20.9. The number of nitrogens with one attached hydrogen (secondary N) is 4. The van der Waals surface area contributed by atoms with Crippen LogP contribution in [0, 0.1) is 23.0 Å². The summed E-state index contributed by atoms with van der Waals surface area (Å²) in [6.45, 7) is 0.758. The molecule has 2 heterocycles. The van der Waals surface area contributed by atoms with Crippen molar-refractivity contribution in [2.75, 3.05) is 11.9 Å². The number of rotatable bonds is 4. The number of hydrazine groups is 1. The molecule has 29 heavy (non-hydrogen) atoms. The molecule has 156 valence electrons. The number of sulfonamides is 1. The Bertz CT molecular complexity index is 988. The van der Waals surface area contributed by atoms with E-state index in [4.69, 9.17) is 5.26 Å². The molecule has 3 amide bonds. The van der Waals surface area contributed by atoms with E-state index in [9.17, 15) is 26.8 Å². The number of fused-ring (bicyclic) bond motifs is 1. The second-order valence-corrected chi connectivity index (χ2v) is 8.49. The van der Waals surface area contributed by atoms with Crippen LogP contribution in [0.5, 0.6) is 0 Å². The largest absolute Gasteiger partial charge is 0.350 e. The van der Waals surface area contributed by atoms with Crippen LogP contribution in [0.25, 0.3) is 0 Å². The lowest BCUT2D eigenvalue weighted by atomic mass is 10.00. The van der Waals surface area contributed by atoms with Crippen LogP contribution >= 0.6 is 0 Å². The van der Waals surface area contributed by atoms with Gasteiger partial charge in [0.1, 0.15) is 17.5 Å². The number of carbonyl (C=O) groups is 2. The quantitative estimate of drug-likeness (QED) is 0.535. The van der Waals surface area contributed by atoms with Crippen molar-refractivity contribution in [2.45, 2.75) is 42.8 Å². The average molecular weight is 428 g/mol. The highest BCUT2D eigenvalue weighted by Crippen LogP contribution is 2.33. The maximum atomic E-state index is 14.1. The molecule has 0 spiro atoms. The Kier molecular flexibility index (Phi) is 5.69. The number of urea groups is 1. The van der Waals surface area contributed by atoms with E-state index < -0.39 is 56.8 Å². The van der Waals surface area contributed by atoms with E-state index in [0.717, 1.165) is 6.07 Å². The summed E-state index contributed by atoms with van der Waals surface area (Å²) < 4.78 is 52.9. The monoisotopic (exact) mass is 428 g/mol. The molecule has 2 aliphatic heterocycles. The van der Waals surface area contributed by atoms with Gasteiger partial charge in [0, 0.05) is 12.1 Å². The summed E-state index contributed by atoms with van der Waals surface area (Å²) in [5.41, 5.74) is 5.28. The second kappa shape index (κ2) is 7.90. The van der Waals surface area contributed by atoms with Gasteiger partial charge in [-0.1, -0.05) is 0 Å². The number of hydrogen-bond donors (Lipinski definition) is 4. The molecule has 1 fully saturated rings. The zero-order valence-electron chi connectivity index (χ0n) is 15.2. The molecule has 0 aliphatic carbocycles. The number of nitrogens with zero attached hydrogens (tertiary/aromatic N) is 2. The maximum Gasteiger partial charge on any atom is 0.336 e. The van der Waals surface area contributed by atoms with E-state index in [1.807, 2.05) is 0 Å². The van der Waals surface area contributed by atoms with Crippen LogP contribution in [0.2, 0.25) is 0 Å². The minimum atomic E-state index is -4.77. The number of anilines is 1. The van der Waals surface area contributed by atoms with Gasteiger partial charge in [0.05, 0.1) is 11.8 Å². The number of benzene rings is 1. The van der Waals surface area contributed by atoms with Crippen LogP contribution in [0.1, 0.15) is 19.8 Å². The highest BCUT2D eigenvalue weighted by Gasteiger charge is 2.41. The summed E-state index contributed by atoms with van der Waals surface area (Å²) in [6, 6.07) is 1.47. The van der Waals surface area contributed by atoms with E-state index in [1.165, 1.54) is 0 Å². The van der Waals surface area contributed by atoms with Crippen molar-refractivity contribution in [3.8, 4) is 6.07 Å². The molecule has 1 saturated heterocycles. The van der Waals surface area contributed by atoms with E-state index >= 15 is 0 Å². The minimum absolute atomic E-state index is 0.151. The van der Waals surface area contributed by atoms with Gasteiger partial charge in [0.2, 0.25) is 5.91 Å². The predicted octanol–water partition coefficient (Wildman–Crippen LogP) is 0.154. The average Bonchev–Trinajstić information content (AvgIpc) is 2.67. The van der Waals surface area contributed by atoms with Gasteiger partial charge >= 0.3 is 6.03 Å². The molecule has 3 rings (SSSR count). The lowest BCUT2D eigenvalue weighted by molar-refractivity contribution is -0.121. The topological polar surface area (TPSA) is 143 Å². The fourth-order valence-electron chi connectivity index (χ4n) is 3.14. The number of nitriles is 1.